The van der Waals surface area contributed by atoms with Crippen molar-refractivity contribution in [1.29, 1.82) is 0 Å². The minimum absolute atomic E-state index is 0.0646. The van der Waals surface area contributed by atoms with Gasteiger partial charge in [0.25, 0.3) is 0 Å². The van der Waals surface area contributed by atoms with E-state index in [1.807, 2.05) is 0 Å². The number of aldehydes is 1. The van der Waals surface area contributed by atoms with Gasteiger partial charge < -0.3 is 14.6 Å². The molecule has 0 radical (unpaired) electrons. The number of carbonyl (C=O) groups excluding carboxylic acids is 2. The van der Waals surface area contributed by atoms with Crippen LogP contribution >= 0.6 is 0 Å². The highest BCUT2D eigenvalue weighted by Gasteiger charge is 2.38. The molecule has 4 nitrogen and oxygen atoms in total. The number of carbonyl (C=O) groups is 2. The molecule has 1 heterocycles. The minimum atomic E-state index is -0.966. The molecule has 0 bridgehead atoms. The number of ketones is 1. The van der Waals surface area contributed by atoms with Crippen molar-refractivity contribution in [2.24, 2.45) is 0 Å². The van der Waals surface area contributed by atoms with Crippen molar-refractivity contribution >= 4 is 12.1 Å². The standard InChI is InChI=1S/C12H20O4/c1-9(14)8-10-4-5-11(16-10)12(2,15)6-3-7-13/h7,10-11,15H,3-6,8H2,1-2H3/t10-,11+,12+/m0/s1. The number of ether oxygens (including phenoxy) is 1. The van der Waals surface area contributed by atoms with Gasteiger partial charge in [0.05, 0.1) is 17.8 Å². The van der Waals surface area contributed by atoms with E-state index < -0.39 is 5.60 Å². The van der Waals surface area contributed by atoms with Crippen LogP contribution in [-0.2, 0) is 14.3 Å². The molecule has 0 aromatic carbocycles. The smallest absolute Gasteiger partial charge is 0.132 e. The van der Waals surface area contributed by atoms with Crippen molar-refractivity contribution in [3.63, 3.8) is 0 Å². The van der Waals surface area contributed by atoms with Gasteiger partial charge in [-0.05, 0) is 33.1 Å². The van der Waals surface area contributed by atoms with Gasteiger partial charge in [0.2, 0.25) is 0 Å². The lowest BCUT2D eigenvalue weighted by Gasteiger charge is -2.29. The van der Waals surface area contributed by atoms with Crippen LogP contribution in [0.25, 0.3) is 0 Å². The zero-order chi connectivity index (χ0) is 12.2. The summed E-state index contributed by atoms with van der Waals surface area (Å²) in [6, 6.07) is 0. The number of hydrogen-bond donors (Lipinski definition) is 1. The molecule has 0 aromatic rings. The maximum Gasteiger partial charge on any atom is 0.132 e. The second-order valence-electron chi connectivity index (χ2n) is 4.79. The third kappa shape index (κ3) is 3.68. The van der Waals surface area contributed by atoms with Crippen LogP contribution in [0.15, 0.2) is 0 Å². The summed E-state index contributed by atoms with van der Waals surface area (Å²) in [4.78, 5) is 21.2. The summed E-state index contributed by atoms with van der Waals surface area (Å²) in [6.07, 6.45) is 3.21. The first-order valence-corrected chi connectivity index (χ1v) is 5.76. The van der Waals surface area contributed by atoms with Crippen molar-refractivity contribution in [2.75, 3.05) is 0 Å². The fourth-order valence-corrected chi connectivity index (χ4v) is 2.15. The van der Waals surface area contributed by atoms with Gasteiger partial charge in [-0.1, -0.05) is 0 Å². The summed E-state index contributed by atoms with van der Waals surface area (Å²) in [6.45, 7) is 3.23. The fourth-order valence-electron chi connectivity index (χ4n) is 2.15. The monoisotopic (exact) mass is 228 g/mol. The van der Waals surface area contributed by atoms with E-state index in [-0.39, 0.29) is 18.0 Å². The van der Waals surface area contributed by atoms with Crippen LogP contribution in [0.4, 0.5) is 0 Å². The molecule has 0 aromatic heterocycles. The van der Waals surface area contributed by atoms with Crippen LogP contribution in [0.1, 0.15) is 46.0 Å². The Hall–Kier alpha value is -0.740. The molecule has 3 atom stereocenters. The molecule has 0 saturated carbocycles. The number of rotatable bonds is 6. The highest BCUT2D eigenvalue weighted by Crippen LogP contribution is 2.32. The molecule has 0 aliphatic carbocycles. The van der Waals surface area contributed by atoms with Gasteiger partial charge in [-0.15, -0.1) is 0 Å². The fraction of sp³-hybridized carbons (Fsp3) is 0.833. The van der Waals surface area contributed by atoms with Gasteiger partial charge in [0, 0.05) is 12.8 Å². The van der Waals surface area contributed by atoms with E-state index in [9.17, 15) is 14.7 Å². The number of aliphatic hydroxyl groups is 1. The Morgan fingerprint density at radius 1 is 1.56 bits per heavy atom. The topological polar surface area (TPSA) is 63.6 Å². The number of Topliss-reactive ketones (excluding diaryl/α,β-unsaturated/α-hetero) is 1. The average molecular weight is 228 g/mol. The van der Waals surface area contributed by atoms with E-state index in [0.717, 1.165) is 19.1 Å². The first-order chi connectivity index (χ1) is 7.45. The van der Waals surface area contributed by atoms with Crippen LogP contribution in [0.2, 0.25) is 0 Å². The second-order valence-corrected chi connectivity index (χ2v) is 4.79. The molecule has 0 unspecified atom stereocenters. The van der Waals surface area contributed by atoms with E-state index >= 15 is 0 Å². The van der Waals surface area contributed by atoms with E-state index in [2.05, 4.69) is 0 Å². The molecule has 1 fully saturated rings. The highest BCUT2D eigenvalue weighted by molar-refractivity contribution is 5.76. The Morgan fingerprint density at radius 3 is 2.81 bits per heavy atom. The summed E-state index contributed by atoms with van der Waals surface area (Å²) in [7, 11) is 0. The van der Waals surface area contributed by atoms with Crippen LogP contribution in [0.5, 0.6) is 0 Å². The van der Waals surface area contributed by atoms with Crippen molar-refractivity contribution in [1.82, 2.24) is 0 Å². The molecule has 4 heteroatoms. The molecule has 92 valence electrons. The van der Waals surface area contributed by atoms with Gasteiger partial charge in [-0.2, -0.15) is 0 Å². The molecule has 1 aliphatic rings. The molecule has 0 spiro atoms. The molecule has 0 amide bonds. The van der Waals surface area contributed by atoms with Gasteiger partial charge in [0.1, 0.15) is 12.1 Å². The molecule has 1 N–H and O–H groups in total. The lowest BCUT2D eigenvalue weighted by atomic mass is 9.92. The zero-order valence-corrected chi connectivity index (χ0v) is 9.94. The van der Waals surface area contributed by atoms with E-state index in [1.165, 1.54) is 0 Å². The maximum atomic E-state index is 10.9. The van der Waals surface area contributed by atoms with E-state index in [0.29, 0.717) is 19.3 Å². The first kappa shape index (κ1) is 13.3. The summed E-state index contributed by atoms with van der Waals surface area (Å²) in [5.41, 5.74) is -0.966. The Morgan fingerprint density at radius 2 is 2.25 bits per heavy atom. The predicted molar refractivity (Wildman–Crippen MR) is 59.1 cm³/mol. The molecule has 1 rings (SSSR count). The zero-order valence-electron chi connectivity index (χ0n) is 9.94. The van der Waals surface area contributed by atoms with Gasteiger partial charge >= 0.3 is 0 Å². The van der Waals surface area contributed by atoms with Gasteiger partial charge in [0.15, 0.2) is 0 Å². The van der Waals surface area contributed by atoms with Crippen LogP contribution in [0.3, 0.4) is 0 Å². The summed E-state index contributed by atoms with van der Waals surface area (Å²) < 4.78 is 5.65. The van der Waals surface area contributed by atoms with Crippen molar-refractivity contribution in [2.45, 2.75) is 63.8 Å². The largest absolute Gasteiger partial charge is 0.387 e. The Bertz CT molecular complexity index is 260. The lowest BCUT2D eigenvalue weighted by molar-refractivity contribution is -0.125. The predicted octanol–water partition coefficient (Wildman–Crippen LogP) is 1.24. The summed E-state index contributed by atoms with van der Waals surface area (Å²) in [5, 5.41) is 10.1. The maximum absolute atomic E-state index is 10.9. The minimum Gasteiger partial charge on any atom is -0.387 e. The molecule has 1 aliphatic heterocycles. The van der Waals surface area contributed by atoms with Crippen molar-refractivity contribution < 1.29 is 19.4 Å². The highest BCUT2D eigenvalue weighted by atomic mass is 16.5. The molecule has 1 saturated heterocycles. The molecular formula is C12H20O4. The molecular weight excluding hydrogens is 208 g/mol. The quantitative estimate of drug-likeness (QED) is 0.695. The second kappa shape index (κ2) is 5.55. The molecule has 16 heavy (non-hydrogen) atoms. The normalized spacial score (nSPS) is 28.7. The summed E-state index contributed by atoms with van der Waals surface area (Å²) in [5.74, 6) is 0.109. The van der Waals surface area contributed by atoms with E-state index in [4.69, 9.17) is 4.74 Å². The average Bonchev–Trinajstić information content (AvgIpc) is 2.63. The first-order valence-electron chi connectivity index (χ1n) is 5.76. The lowest BCUT2D eigenvalue weighted by Crippen LogP contribution is -2.39. The van der Waals surface area contributed by atoms with Gasteiger partial charge in [-0.3, -0.25) is 4.79 Å². The summed E-state index contributed by atoms with van der Waals surface area (Å²) >= 11 is 0. The Balaban J connectivity index is 2.44. The number of hydrogen-bond acceptors (Lipinski definition) is 4. The van der Waals surface area contributed by atoms with Gasteiger partial charge in [-0.25, -0.2) is 0 Å². The van der Waals surface area contributed by atoms with Crippen LogP contribution in [0, 0.1) is 0 Å². The SMILES string of the molecule is CC(=O)C[C@@H]1CC[C@H]([C@](C)(O)CCC=O)O1. The Kier molecular flexibility index (Phi) is 4.62. The van der Waals surface area contributed by atoms with Crippen molar-refractivity contribution in [3.05, 3.63) is 0 Å². The third-order valence-corrected chi connectivity index (χ3v) is 3.08. The Labute approximate surface area is 96.0 Å². The van der Waals surface area contributed by atoms with E-state index in [1.54, 1.807) is 13.8 Å². The third-order valence-electron chi connectivity index (χ3n) is 3.08. The van der Waals surface area contributed by atoms with Crippen molar-refractivity contribution in [3.8, 4) is 0 Å². The van der Waals surface area contributed by atoms with Crippen LogP contribution in [-0.4, -0.2) is 35.0 Å². The van der Waals surface area contributed by atoms with Crippen LogP contribution < -0.4 is 0 Å².